The lowest BCUT2D eigenvalue weighted by atomic mass is 9.73. The van der Waals surface area contributed by atoms with Crippen molar-refractivity contribution in [1.82, 2.24) is 10.2 Å². The van der Waals surface area contributed by atoms with Crippen LogP contribution in [0.15, 0.2) is 0 Å². The zero-order valence-electron chi connectivity index (χ0n) is 30.4. The van der Waals surface area contributed by atoms with Crippen molar-refractivity contribution in [3.05, 3.63) is 0 Å². The van der Waals surface area contributed by atoms with E-state index in [-0.39, 0.29) is 34.8 Å². The Morgan fingerprint density at radius 3 is 1.80 bits per heavy atom. The van der Waals surface area contributed by atoms with Crippen molar-refractivity contribution < 1.29 is 19.1 Å². The lowest BCUT2D eigenvalue weighted by Crippen LogP contribution is -2.42. The van der Waals surface area contributed by atoms with Crippen LogP contribution in [-0.2, 0) is 19.1 Å². The lowest BCUT2D eigenvalue weighted by molar-refractivity contribution is -0.136. The number of unbranched alkanes of at least 4 members (excludes halogenated alkanes) is 1. The van der Waals surface area contributed by atoms with Crippen molar-refractivity contribution >= 4 is 11.8 Å². The summed E-state index contributed by atoms with van der Waals surface area (Å²) in [6, 6.07) is 0.0871. The van der Waals surface area contributed by atoms with Gasteiger partial charge in [-0.25, -0.2) is 0 Å². The van der Waals surface area contributed by atoms with Gasteiger partial charge in [-0.05, 0) is 48.3 Å². The summed E-state index contributed by atoms with van der Waals surface area (Å²) in [5.41, 5.74) is 0.374. The fourth-order valence-corrected chi connectivity index (χ4v) is 5.87. The summed E-state index contributed by atoms with van der Waals surface area (Å²) in [5, 5.41) is 3.06. The van der Waals surface area contributed by atoms with Gasteiger partial charge in [0.05, 0.1) is 18.8 Å². The fraction of sp³-hybridized carbons (Fsp3) is 0.943. The van der Waals surface area contributed by atoms with Crippen LogP contribution < -0.4 is 5.32 Å². The molecule has 6 nitrogen and oxygen atoms in total. The molecule has 41 heavy (non-hydrogen) atoms. The topological polar surface area (TPSA) is 67.9 Å². The highest BCUT2D eigenvalue weighted by atomic mass is 16.5. The lowest BCUT2D eigenvalue weighted by Gasteiger charge is -2.36. The largest absolute Gasteiger partial charge is 0.383 e. The molecule has 2 amide bonds. The minimum Gasteiger partial charge on any atom is -0.383 e. The predicted molar refractivity (Wildman–Crippen MR) is 178 cm³/mol. The quantitative estimate of drug-likeness (QED) is 0.196. The van der Waals surface area contributed by atoms with Crippen LogP contribution in [0.2, 0.25) is 0 Å². The van der Waals surface area contributed by atoms with Crippen LogP contribution >= 0.6 is 0 Å². The van der Waals surface area contributed by atoms with E-state index >= 15 is 0 Å². The second kappa shape index (κ2) is 24.3. The standard InChI is InChI=1S/C22H42N2O4.C9H20.2C2H6/c1-8-9-10-19(25)23-16-22(4,5)15-21(2,3)12-20(26)24-13-18(28-7)11-17(24)14-27-6;1-5-7-9(3,4)8-6-2;2*1-2/h17-18H,8-16H2,1-7H3,(H,23,25);5-8H2,1-4H3;2*1-2H3. The number of rotatable bonds is 16. The second-order valence-electron chi connectivity index (χ2n) is 13.5. The zero-order chi connectivity index (χ0) is 32.7. The molecule has 2 unspecified atom stereocenters. The smallest absolute Gasteiger partial charge is 0.223 e. The van der Waals surface area contributed by atoms with Crippen LogP contribution in [0.3, 0.4) is 0 Å². The third-order valence-corrected chi connectivity index (χ3v) is 7.35. The molecular formula is C35H74N2O4. The van der Waals surface area contributed by atoms with E-state index in [0.717, 1.165) is 25.7 Å². The summed E-state index contributed by atoms with van der Waals surface area (Å²) in [6.07, 6.45) is 10.2. The van der Waals surface area contributed by atoms with Gasteiger partial charge >= 0.3 is 0 Å². The molecule has 1 fully saturated rings. The molecule has 1 aliphatic heterocycles. The van der Waals surface area contributed by atoms with Crippen molar-refractivity contribution in [2.24, 2.45) is 16.2 Å². The number of carbonyl (C=O) groups is 2. The molecule has 0 aliphatic carbocycles. The zero-order valence-corrected chi connectivity index (χ0v) is 30.4. The highest BCUT2D eigenvalue weighted by Crippen LogP contribution is 2.37. The van der Waals surface area contributed by atoms with Crippen LogP contribution in [0.5, 0.6) is 0 Å². The Kier molecular flexibility index (Phi) is 26.3. The molecule has 0 spiro atoms. The molecule has 0 aromatic rings. The summed E-state index contributed by atoms with van der Waals surface area (Å²) < 4.78 is 10.8. The second-order valence-corrected chi connectivity index (χ2v) is 13.5. The van der Waals surface area contributed by atoms with Crippen LogP contribution in [0.1, 0.15) is 154 Å². The third-order valence-electron chi connectivity index (χ3n) is 7.35. The number of carbonyl (C=O) groups excluding carboxylic acids is 2. The van der Waals surface area contributed by atoms with Gasteiger partial charge < -0.3 is 19.7 Å². The molecule has 1 aliphatic rings. The summed E-state index contributed by atoms with van der Waals surface area (Å²) in [6.45, 7) is 29.7. The molecule has 0 aromatic heterocycles. The van der Waals surface area contributed by atoms with E-state index < -0.39 is 0 Å². The Balaban J connectivity index is -0.000000933. The molecule has 248 valence electrons. The minimum absolute atomic E-state index is 0.0718. The number of nitrogens with one attached hydrogen (secondary N) is 1. The monoisotopic (exact) mass is 587 g/mol. The van der Waals surface area contributed by atoms with Crippen molar-refractivity contribution in [2.45, 2.75) is 166 Å². The average molecular weight is 587 g/mol. The van der Waals surface area contributed by atoms with Gasteiger partial charge in [-0.1, -0.05) is 109 Å². The first-order valence-corrected chi connectivity index (χ1v) is 16.7. The maximum Gasteiger partial charge on any atom is 0.223 e. The molecule has 2 atom stereocenters. The summed E-state index contributed by atoms with van der Waals surface area (Å²) in [5.74, 6) is 0.281. The van der Waals surface area contributed by atoms with Gasteiger partial charge in [0.25, 0.3) is 0 Å². The van der Waals surface area contributed by atoms with Gasteiger partial charge in [0.1, 0.15) is 0 Å². The number of likely N-dealkylation sites (tertiary alicyclic amines) is 1. The summed E-state index contributed by atoms with van der Waals surface area (Å²) >= 11 is 0. The average Bonchev–Trinajstić information content (AvgIpc) is 3.31. The molecule has 0 radical (unpaired) electrons. The van der Waals surface area contributed by atoms with E-state index in [2.05, 4.69) is 67.6 Å². The highest BCUT2D eigenvalue weighted by Gasteiger charge is 2.38. The van der Waals surface area contributed by atoms with Crippen molar-refractivity contribution in [1.29, 1.82) is 0 Å². The fourth-order valence-electron chi connectivity index (χ4n) is 5.87. The maximum atomic E-state index is 13.0. The van der Waals surface area contributed by atoms with E-state index in [1.54, 1.807) is 14.2 Å². The Labute approximate surface area is 257 Å². The number of methoxy groups -OCH3 is 2. The van der Waals surface area contributed by atoms with Gasteiger partial charge in [0.15, 0.2) is 0 Å². The molecule has 0 saturated carbocycles. The molecule has 0 bridgehead atoms. The maximum absolute atomic E-state index is 13.0. The van der Waals surface area contributed by atoms with Gasteiger partial charge in [-0.3, -0.25) is 9.59 Å². The first kappa shape index (κ1) is 44.3. The number of hydrogen-bond acceptors (Lipinski definition) is 4. The van der Waals surface area contributed by atoms with Crippen molar-refractivity contribution in [2.75, 3.05) is 33.9 Å². The highest BCUT2D eigenvalue weighted by molar-refractivity contribution is 5.77. The SMILES string of the molecule is CC.CC.CCCC(C)(C)CCC.CCCCC(=O)NCC(C)(C)CC(C)(C)CC(=O)N1CC(OC)CC1COC. The number of ether oxygens (including phenoxy) is 2. The Morgan fingerprint density at radius 2 is 1.37 bits per heavy atom. The predicted octanol–water partition coefficient (Wildman–Crippen LogP) is 9.05. The van der Waals surface area contributed by atoms with Crippen LogP contribution in [0.4, 0.5) is 0 Å². The molecule has 6 heteroatoms. The first-order chi connectivity index (χ1) is 19.2. The van der Waals surface area contributed by atoms with Crippen LogP contribution in [0, 0.1) is 16.2 Å². The third kappa shape index (κ3) is 22.1. The van der Waals surface area contributed by atoms with E-state index in [1.165, 1.54) is 25.7 Å². The molecule has 1 rings (SSSR count). The number of amides is 2. The molecule has 0 aromatic carbocycles. The Bertz CT molecular complexity index is 638. The molecule has 1 saturated heterocycles. The Hall–Kier alpha value is -1.14. The van der Waals surface area contributed by atoms with Crippen LogP contribution in [0.25, 0.3) is 0 Å². The molecule has 1 N–H and O–H groups in total. The van der Waals surface area contributed by atoms with Crippen LogP contribution in [-0.4, -0.2) is 62.8 Å². The van der Waals surface area contributed by atoms with Crippen molar-refractivity contribution in [3.63, 3.8) is 0 Å². The normalized spacial score (nSPS) is 16.9. The van der Waals surface area contributed by atoms with Crippen molar-refractivity contribution in [3.8, 4) is 0 Å². The molecule has 1 heterocycles. The number of hydrogen-bond donors (Lipinski definition) is 1. The molecular weight excluding hydrogens is 512 g/mol. The summed E-state index contributed by atoms with van der Waals surface area (Å²) in [7, 11) is 3.37. The van der Waals surface area contributed by atoms with Gasteiger partial charge in [-0.2, -0.15) is 0 Å². The van der Waals surface area contributed by atoms with Gasteiger partial charge in [0, 0.05) is 40.2 Å². The van der Waals surface area contributed by atoms with Gasteiger partial charge in [0.2, 0.25) is 11.8 Å². The van der Waals surface area contributed by atoms with E-state index in [0.29, 0.717) is 38.0 Å². The van der Waals surface area contributed by atoms with E-state index in [1.807, 2.05) is 32.6 Å². The summed E-state index contributed by atoms with van der Waals surface area (Å²) in [4.78, 5) is 26.9. The van der Waals surface area contributed by atoms with E-state index in [4.69, 9.17) is 9.47 Å². The van der Waals surface area contributed by atoms with Gasteiger partial charge in [-0.15, -0.1) is 0 Å². The Morgan fingerprint density at radius 1 is 0.829 bits per heavy atom. The number of nitrogens with zero attached hydrogens (tertiary/aromatic N) is 1. The minimum atomic E-state index is -0.155. The first-order valence-electron chi connectivity index (χ1n) is 16.7. The van der Waals surface area contributed by atoms with E-state index in [9.17, 15) is 9.59 Å².